The fourth-order valence-corrected chi connectivity index (χ4v) is 1.73. The first-order valence-corrected chi connectivity index (χ1v) is 6.17. The van der Waals surface area contributed by atoms with Crippen molar-refractivity contribution in [2.45, 2.75) is 27.2 Å². The Hall–Kier alpha value is -1.06. The summed E-state index contributed by atoms with van der Waals surface area (Å²) in [5, 5.41) is 11.7. The van der Waals surface area contributed by atoms with Crippen molar-refractivity contribution in [3.8, 4) is 5.75 Å². The van der Waals surface area contributed by atoms with Gasteiger partial charge < -0.3 is 15.2 Å². The highest BCUT2D eigenvalue weighted by molar-refractivity contribution is 5.41. The van der Waals surface area contributed by atoms with Crippen molar-refractivity contribution in [3.05, 3.63) is 28.8 Å². The molecular formula is C14H23NO2. The van der Waals surface area contributed by atoms with Gasteiger partial charge in [-0.1, -0.05) is 6.07 Å². The second-order valence-electron chi connectivity index (χ2n) is 4.38. The monoisotopic (exact) mass is 237 g/mol. The zero-order valence-corrected chi connectivity index (χ0v) is 11.0. The van der Waals surface area contributed by atoms with Crippen LogP contribution in [0, 0.1) is 20.8 Å². The number of hydrogen-bond acceptors (Lipinski definition) is 3. The van der Waals surface area contributed by atoms with E-state index in [4.69, 9.17) is 9.84 Å². The Morgan fingerprint density at radius 2 is 1.94 bits per heavy atom. The van der Waals surface area contributed by atoms with Gasteiger partial charge in [-0.15, -0.1) is 0 Å². The number of aliphatic hydroxyl groups is 1. The van der Waals surface area contributed by atoms with Crippen LogP contribution in [-0.4, -0.2) is 31.4 Å². The van der Waals surface area contributed by atoms with Crippen LogP contribution in [-0.2, 0) is 0 Å². The van der Waals surface area contributed by atoms with Gasteiger partial charge in [0.2, 0.25) is 0 Å². The number of benzene rings is 1. The van der Waals surface area contributed by atoms with E-state index >= 15 is 0 Å². The third kappa shape index (κ3) is 4.75. The lowest BCUT2D eigenvalue weighted by Crippen LogP contribution is -2.20. The van der Waals surface area contributed by atoms with Crippen LogP contribution in [0.3, 0.4) is 0 Å². The van der Waals surface area contributed by atoms with Crippen molar-refractivity contribution in [3.63, 3.8) is 0 Å². The number of aryl methyl sites for hydroxylation is 2. The molecule has 1 aromatic rings. The Kier molecular flexibility index (Phi) is 6.01. The van der Waals surface area contributed by atoms with Gasteiger partial charge in [-0.3, -0.25) is 0 Å². The second-order valence-corrected chi connectivity index (χ2v) is 4.38. The summed E-state index contributed by atoms with van der Waals surface area (Å²) in [6, 6.07) is 4.26. The van der Waals surface area contributed by atoms with Gasteiger partial charge >= 0.3 is 0 Å². The molecule has 0 bridgehead atoms. The summed E-state index contributed by atoms with van der Waals surface area (Å²) >= 11 is 0. The predicted octanol–water partition coefficient (Wildman–Crippen LogP) is 1.96. The molecule has 1 aromatic carbocycles. The summed E-state index contributed by atoms with van der Waals surface area (Å²) < 4.78 is 5.78. The van der Waals surface area contributed by atoms with Crippen molar-refractivity contribution in [2.24, 2.45) is 0 Å². The van der Waals surface area contributed by atoms with Crippen LogP contribution in [0.5, 0.6) is 5.75 Å². The number of rotatable bonds is 7. The molecule has 0 fully saturated rings. The van der Waals surface area contributed by atoms with Crippen LogP contribution in [0.4, 0.5) is 0 Å². The molecule has 0 radical (unpaired) electrons. The van der Waals surface area contributed by atoms with E-state index in [-0.39, 0.29) is 6.61 Å². The highest BCUT2D eigenvalue weighted by atomic mass is 16.5. The molecule has 0 saturated carbocycles. The van der Waals surface area contributed by atoms with Crippen molar-refractivity contribution in [2.75, 3.05) is 26.3 Å². The largest absolute Gasteiger partial charge is 0.493 e. The Morgan fingerprint density at radius 3 is 2.65 bits per heavy atom. The molecule has 3 heteroatoms. The van der Waals surface area contributed by atoms with E-state index in [1.165, 1.54) is 16.7 Å². The topological polar surface area (TPSA) is 41.5 Å². The number of nitrogens with one attached hydrogen (secondary N) is 1. The lowest BCUT2D eigenvalue weighted by atomic mass is 10.1. The standard InChI is InChI=1S/C14H23NO2/c1-11-9-12(2)13(3)14(10-11)17-8-4-5-15-6-7-16/h9-10,15-16H,4-8H2,1-3H3. The highest BCUT2D eigenvalue weighted by Gasteiger charge is 2.03. The molecule has 17 heavy (non-hydrogen) atoms. The van der Waals surface area contributed by atoms with Crippen LogP contribution in [0.25, 0.3) is 0 Å². The number of hydrogen-bond donors (Lipinski definition) is 2. The second kappa shape index (κ2) is 7.30. The number of ether oxygens (including phenoxy) is 1. The van der Waals surface area contributed by atoms with Crippen molar-refractivity contribution in [1.29, 1.82) is 0 Å². The van der Waals surface area contributed by atoms with Gasteiger partial charge in [0.05, 0.1) is 13.2 Å². The molecule has 0 atom stereocenters. The smallest absolute Gasteiger partial charge is 0.122 e. The summed E-state index contributed by atoms with van der Waals surface area (Å²) in [6.07, 6.45) is 0.951. The first kappa shape index (κ1) is 14.0. The maximum absolute atomic E-state index is 8.60. The molecule has 0 amide bonds. The molecule has 2 N–H and O–H groups in total. The van der Waals surface area contributed by atoms with Gasteiger partial charge in [-0.2, -0.15) is 0 Å². The minimum absolute atomic E-state index is 0.192. The molecule has 0 unspecified atom stereocenters. The molecule has 0 aliphatic heterocycles. The molecular weight excluding hydrogens is 214 g/mol. The summed E-state index contributed by atoms with van der Waals surface area (Å²) in [5.74, 6) is 0.990. The molecule has 0 aromatic heterocycles. The quantitative estimate of drug-likeness (QED) is 0.712. The molecule has 3 nitrogen and oxygen atoms in total. The van der Waals surface area contributed by atoms with Crippen molar-refractivity contribution < 1.29 is 9.84 Å². The zero-order chi connectivity index (χ0) is 12.7. The summed E-state index contributed by atoms with van der Waals surface area (Å²) in [7, 11) is 0. The van der Waals surface area contributed by atoms with Crippen molar-refractivity contribution in [1.82, 2.24) is 5.32 Å². The Morgan fingerprint density at radius 1 is 1.18 bits per heavy atom. The Labute approximate surface area is 104 Å². The van der Waals surface area contributed by atoms with Crippen LogP contribution < -0.4 is 10.1 Å². The normalized spacial score (nSPS) is 10.6. The van der Waals surface area contributed by atoms with E-state index in [0.29, 0.717) is 13.2 Å². The van der Waals surface area contributed by atoms with Crippen LogP contribution in [0.2, 0.25) is 0 Å². The zero-order valence-electron chi connectivity index (χ0n) is 11.0. The lowest BCUT2D eigenvalue weighted by Gasteiger charge is -2.12. The number of aliphatic hydroxyl groups excluding tert-OH is 1. The van der Waals surface area contributed by atoms with Gasteiger partial charge in [-0.25, -0.2) is 0 Å². The molecule has 0 spiro atoms. The van der Waals surface area contributed by atoms with Crippen LogP contribution in [0.15, 0.2) is 12.1 Å². The van der Waals surface area contributed by atoms with Gasteiger partial charge in [-0.05, 0) is 56.5 Å². The van der Waals surface area contributed by atoms with Crippen LogP contribution >= 0.6 is 0 Å². The van der Waals surface area contributed by atoms with Gasteiger partial charge in [0.25, 0.3) is 0 Å². The molecule has 0 aliphatic rings. The average molecular weight is 237 g/mol. The Bertz CT molecular complexity index is 350. The van der Waals surface area contributed by atoms with E-state index in [1.807, 2.05) is 0 Å². The van der Waals surface area contributed by atoms with Crippen LogP contribution in [0.1, 0.15) is 23.1 Å². The lowest BCUT2D eigenvalue weighted by molar-refractivity contribution is 0.281. The van der Waals surface area contributed by atoms with E-state index in [1.54, 1.807) is 0 Å². The highest BCUT2D eigenvalue weighted by Crippen LogP contribution is 2.23. The molecule has 96 valence electrons. The molecule has 0 heterocycles. The summed E-state index contributed by atoms with van der Waals surface area (Å²) in [5.41, 5.74) is 3.74. The van der Waals surface area contributed by atoms with E-state index < -0.39 is 0 Å². The SMILES string of the molecule is Cc1cc(C)c(C)c(OCCCNCCO)c1. The third-order valence-corrected chi connectivity index (χ3v) is 2.81. The summed E-state index contributed by atoms with van der Waals surface area (Å²) in [6.45, 7) is 8.72. The Balaban J connectivity index is 2.36. The fraction of sp³-hybridized carbons (Fsp3) is 0.571. The predicted molar refractivity (Wildman–Crippen MR) is 70.7 cm³/mol. The maximum atomic E-state index is 8.60. The van der Waals surface area contributed by atoms with E-state index in [9.17, 15) is 0 Å². The molecule has 0 saturated heterocycles. The fourth-order valence-electron chi connectivity index (χ4n) is 1.73. The minimum Gasteiger partial charge on any atom is -0.493 e. The average Bonchev–Trinajstić information content (AvgIpc) is 2.29. The minimum atomic E-state index is 0.192. The molecule has 0 aliphatic carbocycles. The van der Waals surface area contributed by atoms with Gasteiger partial charge in [0.15, 0.2) is 0 Å². The van der Waals surface area contributed by atoms with E-state index in [2.05, 4.69) is 38.2 Å². The molecule has 1 rings (SSSR count). The van der Waals surface area contributed by atoms with Gasteiger partial charge in [0, 0.05) is 6.54 Å². The maximum Gasteiger partial charge on any atom is 0.122 e. The third-order valence-electron chi connectivity index (χ3n) is 2.81. The van der Waals surface area contributed by atoms with E-state index in [0.717, 1.165) is 18.7 Å². The summed E-state index contributed by atoms with van der Waals surface area (Å²) in [4.78, 5) is 0. The first-order valence-electron chi connectivity index (χ1n) is 6.17. The van der Waals surface area contributed by atoms with Gasteiger partial charge in [0.1, 0.15) is 5.75 Å². The first-order chi connectivity index (χ1) is 8.15. The van der Waals surface area contributed by atoms with Crippen molar-refractivity contribution >= 4 is 0 Å².